The summed E-state index contributed by atoms with van der Waals surface area (Å²) in [7, 11) is 0. The minimum Gasteiger partial charge on any atom is -1.00 e. The number of imidazole rings is 1. The number of hydrogen-bond donors (Lipinski definition) is 0. The molecule has 148 valence electrons. The smallest absolute Gasteiger partial charge is 0.245 e. The molecule has 4 aromatic rings. The predicted octanol–water partition coefficient (Wildman–Crippen LogP) is 1.39. The average molecular weight is 457 g/mol. The second-order valence-electron chi connectivity index (χ2n) is 7.41. The summed E-state index contributed by atoms with van der Waals surface area (Å²) in [6.07, 6.45) is 2.15. The maximum atomic E-state index is 9.02. The highest BCUT2D eigenvalue weighted by Crippen LogP contribution is 2.19. The maximum absolute atomic E-state index is 9.02. The van der Waals surface area contributed by atoms with E-state index in [-0.39, 0.29) is 17.0 Å². The van der Waals surface area contributed by atoms with Gasteiger partial charge < -0.3 is 17.0 Å². The van der Waals surface area contributed by atoms with Gasteiger partial charge in [0, 0.05) is 0 Å². The van der Waals surface area contributed by atoms with Gasteiger partial charge in [-0.3, -0.25) is 0 Å². The van der Waals surface area contributed by atoms with Gasteiger partial charge in [-0.25, -0.2) is 9.13 Å². The Labute approximate surface area is 187 Å². The Morgan fingerprint density at radius 1 is 0.800 bits per heavy atom. The van der Waals surface area contributed by atoms with Gasteiger partial charge in [-0.1, -0.05) is 24.3 Å². The number of rotatable bonds is 4. The topological polar surface area (TPSA) is 56.4 Å². The summed E-state index contributed by atoms with van der Waals surface area (Å²) in [6.45, 7) is 5.76. The van der Waals surface area contributed by atoms with Crippen LogP contribution in [0.4, 0.5) is 0 Å². The van der Waals surface area contributed by atoms with E-state index < -0.39 is 0 Å². The first-order chi connectivity index (χ1) is 14.1. The molecule has 0 aliphatic rings. The molecule has 1 heterocycles. The first kappa shape index (κ1) is 21.3. The van der Waals surface area contributed by atoms with Crippen LogP contribution in [0.15, 0.2) is 67.0 Å². The van der Waals surface area contributed by atoms with Gasteiger partial charge in [0.2, 0.25) is 6.33 Å². The lowest BCUT2D eigenvalue weighted by molar-refractivity contribution is -0.663. The van der Waals surface area contributed by atoms with Crippen molar-refractivity contribution in [2.45, 2.75) is 26.9 Å². The first-order valence-corrected chi connectivity index (χ1v) is 9.55. The average Bonchev–Trinajstić information content (AvgIpc) is 3.05. The van der Waals surface area contributed by atoms with Gasteiger partial charge in [-0.15, -0.1) is 0 Å². The van der Waals surface area contributed by atoms with E-state index in [1.807, 2.05) is 48.5 Å². The van der Waals surface area contributed by atoms with E-state index in [2.05, 4.69) is 53.6 Å². The molecule has 4 nitrogen and oxygen atoms in total. The summed E-state index contributed by atoms with van der Waals surface area (Å²) in [4.78, 5) is 0. The zero-order valence-corrected chi connectivity index (χ0v) is 18.5. The van der Waals surface area contributed by atoms with Gasteiger partial charge in [-0.05, 0) is 72.5 Å². The molecule has 4 rings (SSSR count). The van der Waals surface area contributed by atoms with E-state index >= 15 is 0 Å². The molecule has 0 saturated heterocycles. The Balaban J connectivity index is 0.00000256. The van der Waals surface area contributed by atoms with Crippen LogP contribution in [-0.4, -0.2) is 4.57 Å². The third kappa shape index (κ3) is 4.27. The first-order valence-electron chi connectivity index (χ1n) is 9.55. The van der Waals surface area contributed by atoms with E-state index in [0.29, 0.717) is 11.1 Å². The third-order valence-corrected chi connectivity index (χ3v) is 5.36. The fourth-order valence-electron chi connectivity index (χ4n) is 3.55. The van der Waals surface area contributed by atoms with Gasteiger partial charge in [-0.2, -0.15) is 10.5 Å². The number of nitrogens with zero attached hydrogens (tertiary/aromatic N) is 4. The predicted molar refractivity (Wildman–Crippen MR) is 112 cm³/mol. The highest BCUT2D eigenvalue weighted by molar-refractivity contribution is 5.74. The molecule has 0 amide bonds. The van der Waals surface area contributed by atoms with Crippen LogP contribution in [0.1, 0.15) is 33.4 Å². The second-order valence-corrected chi connectivity index (χ2v) is 7.41. The standard InChI is InChI=1S/C25H21N4.BrH/c1-18-11-24-25(12-19(18)2)29(16-23-9-5-21(14-27)6-10-23)17-28(24)15-22-7-3-20(13-26)4-8-22;/h3-12,17H,15-16H2,1-2H3;1H/q+1;/p-1. The molecular formula is C25H21BrN4. The van der Waals surface area contributed by atoms with E-state index in [9.17, 15) is 0 Å². The Kier molecular flexibility index (Phi) is 6.35. The lowest BCUT2D eigenvalue weighted by atomic mass is 10.1. The van der Waals surface area contributed by atoms with Crippen molar-refractivity contribution in [2.75, 3.05) is 0 Å². The van der Waals surface area contributed by atoms with Crippen molar-refractivity contribution in [1.82, 2.24) is 4.57 Å². The summed E-state index contributed by atoms with van der Waals surface area (Å²) in [5, 5.41) is 18.0. The number of halogens is 1. The van der Waals surface area contributed by atoms with E-state index in [1.165, 1.54) is 22.2 Å². The molecule has 5 heteroatoms. The second kappa shape index (κ2) is 8.95. The van der Waals surface area contributed by atoms with Crippen LogP contribution in [0.5, 0.6) is 0 Å². The van der Waals surface area contributed by atoms with Crippen molar-refractivity contribution >= 4 is 11.0 Å². The molecule has 0 saturated carbocycles. The number of benzene rings is 3. The molecule has 0 aliphatic heterocycles. The van der Waals surface area contributed by atoms with E-state index in [4.69, 9.17) is 10.5 Å². The Morgan fingerprint density at radius 3 is 1.90 bits per heavy atom. The molecule has 0 bridgehead atoms. The molecule has 1 aromatic heterocycles. The van der Waals surface area contributed by atoms with Crippen molar-refractivity contribution in [3.05, 3.63) is 100 Å². The fourth-order valence-corrected chi connectivity index (χ4v) is 3.55. The van der Waals surface area contributed by atoms with Gasteiger partial charge in [0.15, 0.2) is 11.0 Å². The van der Waals surface area contributed by atoms with E-state index in [1.54, 1.807) is 0 Å². The van der Waals surface area contributed by atoms with Gasteiger partial charge in [0.1, 0.15) is 13.1 Å². The van der Waals surface area contributed by atoms with Gasteiger partial charge in [0.25, 0.3) is 0 Å². The van der Waals surface area contributed by atoms with Crippen molar-refractivity contribution < 1.29 is 21.5 Å². The zero-order valence-electron chi connectivity index (χ0n) is 16.9. The molecule has 0 fully saturated rings. The molecule has 3 aromatic carbocycles. The van der Waals surface area contributed by atoms with Crippen LogP contribution < -0.4 is 21.5 Å². The van der Waals surface area contributed by atoms with Crippen LogP contribution >= 0.6 is 0 Å². The van der Waals surface area contributed by atoms with Crippen molar-refractivity contribution in [2.24, 2.45) is 0 Å². The molecular weight excluding hydrogens is 436 g/mol. The summed E-state index contributed by atoms with van der Waals surface area (Å²) >= 11 is 0. The SMILES string of the molecule is Cc1cc2c(cc1C)[n+](Cc1ccc(C#N)cc1)cn2Cc1ccc(C#N)cc1.[Br-]. The lowest BCUT2D eigenvalue weighted by Gasteiger charge is -2.02. The van der Waals surface area contributed by atoms with Crippen LogP contribution in [0.2, 0.25) is 0 Å². The quantitative estimate of drug-likeness (QED) is 0.435. The molecule has 0 atom stereocenters. The minimum atomic E-state index is 0. The summed E-state index contributed by atoms with van der Waals surface area (Å²) in [5.41, 5.74) is 8.57. The Morgan fingerprint density at radius 2 is 1.33 bits per heavy atom. The van der Waals surface area contributed by atoms with E-state index in [0.717, 1.165) is 24.2 Å². The number of aryl methyl sites for hydroxylation is 2. The monoisotopic (exact) mass is 456 g/mol. The molecule has 0 N–H and O–H groups in total. The Bertz CT molecular complexity index is 1170. The number of nitriles is 2. The van der Waals surface area contributed by atoms with Gasteiger partial charge in [0.05, 0.1) is 23.3 Å². The van der Waals surface area contributed by atoms with Crippen LogP contribution in [0.3, 0.4) is 0 Å². The van der Waals surface area contributed by atoms with Crippen LogP contribution in [0, 0.1) is 36.5 Å². The third-order valence-electron chi connectivity index (χ3n) is 5.36. The number of aromatic nitrogens is 2. The lowest BCUT2D eigenvalue weighted by Crippen LogP contribution is -3.00. The Hall–Kier alpha value is -3.41. The van der Waals surface area contributed by atoms with Crippen molar-refractivity contribution in [3.8, 4) is 12.1 Å². The molecule has 0 unspecified atom stereocenters. The maximum Gasteiger partial charge on any atom is 0.245 e. The molecule has 0 radical (unpaired) electrons. The molecule has 30 heavy (non-hydrogen) atoms. The normalized spacial score (nSPS) is 10.3. The highest BCUT2D eigenvalue weighted by Gasteiger charge is 2.18. The summed E-state index contributed by atoms with van der Waals surface area (Å²) in [6, 6.07) is 24.3. The van der Waals surface area contributed by atoms with Crippen molar-refractivity contribution in [3.63, 3.8) is 0 Å². The molecule has 0 aliphatic carbocycles. The summed E-state index contributed by atoms with van der Waals surface area (Å²) in [5.74, 6) is 0. The number of fused-ring (bicyclic) bond motifs is 1. The zero-order chi connectivity index (χ0) is 20.4. The summed E-state index contributed by atoms with van der Waals surface area (Å²) < 4.78 is 4.51. The highest BCUT2D eigenvalue weighted by atomic mass is 79.9. The van der Waals surface area contributed by atoms with Crippen molar-refractivity contribution in [1.29, 1.82) is 10.5 Å². The largest absolute Gasteiger partial charge is 1.00 e. The van der Waals surface area contributed by atoms with Gasteiger partial charge >= 0.3 is 0 Å². The molecule has 0 spiro atoms. The number of hydrogen-bond acceptors (Lipinski definition) is 2. The minimum absolute atomic E-state index is 0. The van der Waals surface area contributed by atoms with Crippen LogP contribution in [0.25, 0.3) is 11.0 Å². The van der Waals surface area contributed by atoms with Crippen LogP contribution in [-0.2, 0) is 13.1 Å². The fraction of sp³-hybridized carbons (Fsp3) is 0.160.